The first-order valence-corrected chi connectivity index (χ1v) is 27.2. The molecule has 4 aliphatic rings. The molecule has 3 aliphatic heterocycles. The molecule has 68 heavy (non-hydrogen) atoms. The van der Waals surface area contributed by atoms with Gasteiger partial charge in [0.15, 0.2) is 0 Å². The fraction of sp³-hybridized carbons (Fsp3) is 0.417. The number of nitrogens with zero attached hydrogens (tertiary/aromatic N) is 6. The summed E-state index contributed by atoms with van der Waals surface area (Å²) in [7, 11) is -7.08. The van der Waals surface area contributed by atoms with Crippen LogP contribution in [-0.4, -0.2) is 122 Å². The Kier molecular flexibility index (Phi) is 13.7. The third-order valence-corrected chi connectivity index (χ3v) is 17.4. The molecule has 20 heteroatoms. The first-order chi connectivity index (χ1) is 32.5. The Bertz CT molecular complexity index is 2850. The number of H-pyrrole nitrogens is 1. The smallest absolute Gasteiger partial charge is 0.293 e. The number of nitro groups is 1. The molecule has 1 aliphatic carbocycles. The minimum atomic E-state index is -4.61. The van der Waals surface area contributed by atoms with Gasteiger partial charge in [0.05, 0.1) is 34.2 Å². The summed E-state index contributed by atoms with van der Waals surface area (Å²) in [5.41, 5.74) is 6.72. The summed E-state index contributed by atoms with van der Waals surface area (Å²) in [5.74, 6) is -0.510. The molecule has 5 aromatic rings. The topological polar surface area (TPSA) is 202 Å². The highest BCUT2D eigenvalue weighted by atomic mass is 35.5. The van der Waals surface area contributed by atoms with Crippen molar-refractivity contribution in [2.45, 2.75) is 50.8 Å². The molecule has 9 rings (SSSR count). The van der Waals surface area contributed by atoms with Gasteiger partial charge in [0, 0.05) is 87.3 Å². The van der Waals surface area contributed by atoms with Crippen molar-refractivity contribution in [3.05, 3.63) is 111 Å². The number of aromatic amines is 1. The molecule has 0 saturated carbocycles. The Labute approximate surface area is 402 Å². The maximum Gasteiger partial charge on any atom is 0.293 e. The number of allylic oxidation sites excluding steroid dienone is 1. The average Bonchev–Trinajstić information content (AvgIpc) is 3.67. The first-order valence-electron chi connectivity index (χ1n) is 23.2. The summed E-state index contributed by atoms with van der Waals surface area (Å²) in [4.78, 5) is 51.1. The Morgan fingerprint density at radius 1 is 1.00 bits per heavy atom. The number of amides is 1. The van der Waals surface area contributed by atoms with Crippen molar-refractivity contribution in [1.29, 1.82) is 0 Å². The lowest BCUT2D eigenvalue weighted by Gasteiger charge is -2.39. The molecular formula is C48H59ClN10O7PS+. The van der Waals surface area contributed by atoms with Crippen molar-refractivity contribution in [2.75, 3.05) is 93.8 Å². The van der Waals surface area contributed by atoms with Crippen molar-refractivity contribution in [2.24, 2.45) is 5.41 Å². The van der Waals surface area contributed by atoms with Gasteiger partial charge in [-0.2, -0.15) is 10.1 Å². The number of carbonyl (C=O) groups is 1. The Morgan fingerprint density at radius 2 is 1.79 bits per heavy atom. The largest absolute Gasteiger partial charge is 0.476 e. The summed E-state index contributed by atoms with van der Waals surface area (Å²) >= 11 is 6.28. The highest BCUT2D eigenvalue weighted by Crippen LogP contribution is 2.51. The van der Waals surface area contributed by atoms with Crippen LogP contribution >= 0.6 is 19.4 Å². The van der Waals surface area contributed by atoms with E-state index in [1.807, 2.05) is 46.0 Å². The maximum absolute atomic E-state index is 14.4. The van der Waals surface area contributed by atoms with Crippen LogP contribution in [0, 0.1) is 15.5 Å². The lowest BCUT2D eigenvalue weighted by Crippen LogP contribution is -2.47. The van der Waals surface area contributed by atoms with Crippen molar-refractivity contribution in [1.82, 2.24) is 29.3 Å². The number of anilines is 4. The zero-order valence-electron chi connectivity index (χ0n) is 38.6. The third-order valence-electron chi connectivity index (χ3n) is 13.5. The number of nitrogens with one attached hydrogen (secondary N) is 4. The Balaban J connectivity index is 0.971. The van der Waals surface area contributed by atoms with E-state index in [1.165, 1.54) is 28.8 Å². The van der Waals surface area contributed by atoms with E-state index >= 15 is 0 Å². The number of benzene rings is 3. The average molecular weight is 987 g/mol. The van der Waals surface area contributed by atoms with Crippen LogP contribution in [0.1, 0.15) is 61.9 Å². The van der Waals surface area contributed by atoms with Crippen LogP contribution in [0.4, 0.5) is 28.4 Å². The molecule has 0 bridgehead atoms. The number of carbonyl (C=O) groups excluding carboxylic acids is 1. The van der Waals surface area contributed by atoms with E-state index in [0.29, 0.717) is 55.6 Å². The second kappa shape index (κ2) is 19.6. The third kappa shape index (κ3) is 10.5. The molecule has 1 amide bonds. The summed E-state index contributed by atoms with van der Waals surface area (Å²) in [5, 5.41) is 20.0. The van der Waals surface area contributed by atoms with E-state index in [4.69, 9.17) is 21.3 Å². The van der Waals surface area contributed by atoms with Gasteiger partial charge in [0.25, 0.3) is 29.4 Å². The number of ether oxygens (including phenoxy) is 1. The van der Waals surface area contributed by atoms with Crippen LogP contribution in [0.15, 0.2) is 89.5 Å². The second-order valence-electron chi connectivity index (χ2n) is 18.9. The number of rotatable bonds is 13. The van der Waals surface area contributed by atoms with Gasteiger partial charge in [-0.15, -0.1) is 4.67 Å². The van der Waals surface area contributed by atoms with E-state index in [9.17, 15) is 28.2 Å². The molecule has 0 radical (unpaired) electrons. The predicted octanol–water partition coefficient (Wildman–Crippen LogP) is 8.04. The molecule has 2 fully saturated rings. The number of fused-ring (bicyclic) bond motifs is 2. The molecular weight excluding hydrogens is 927 g/mol. The predicted molar refractivity (Wildman–Crippen MR) is 270 cm³/mol. The van der Waals surface area contributed by atoms with Gasteiger partial charge in [-0.3, -0.25) is 19.8 Å². The van der Waals surface area contributed by atoms with Crippen LogP contribution in [0.5, 0.6) is 5.88 Å². The lowest BCUT2D eigenvalue weighted by atomic mass is 9.72. The number of halogens is 1. The van der Waals surface area contributed by atoms with Crippen LogP contribution in [0.25, 0.3) is 16.6 Å². The van der Waals surface area contributed by atoms with Gasteiger partial charge in [-0.25, -0.2) is 18.0 Å². The van der Waals surface area contributed by atoms with Crippen LogP contribution < -0.4 is 29.7 Å². The standard InChI is InChI=1S/C48H58ClN10O7PS/c1-48(2)16-14-35(40(31-48)33-6-8-36(49)9-7-33)32-55-23-25-56(26-24-55)37-10-12-39(42(29-37)58-21-5-27-66-47-44(58)28-34-15-18-51-45(34)53-47)46(60)54-68(64,65)38-11-13-41(43(30-38)59(61)62)50-19-22-57-20-4-17-52-67(57,3)63/h6-13,15,18,28-30,50,52,63H,4-5,14,16-17,19-27,31-32H2,1-3H3,(H-,51,53,54,60)/p+1. The molecule has 17 nitrogen and oxygen atoms in total. The summed E-state index contributed by atoms with van der Waals surface area (Å²) in [6, 6.07) is 21.0. The van der Waals surface area contributed by atoms with Crippen LogP contribution in [0.3, 0.4) is 0 Å². The highest BCUT2D eigenvalue weighted by Gasteiger charge is 2.40. The van der Waals surface area contributed by atoms with Crippen LogP contribution in [0.2, 0.25) is 5.02 Å². The van der Waals surface area contributed by atoms with E-state index in [2.05, 4.69) is 55.9 Å². The molecule has 5 N–H and O–H groups in total. The number of piperazine rings is 1. The normalized spacial score (nSPS) is 20.4. The molecule has 2 saturated heterocycles. The summed E-state index contributed by atoms with van der Waals surface area (Å²) in [6.45, 7) is 13.4. The van der Waals surface area contributed by atoms with Gasteiger partial charge in [-0.05, 0) is 103 Å². The van der Waals surface area contributed by atoms with Crippen molar-refractivity contribution in [3.63, 3.8) is 0 Å². The van der Waals surface area contributed by atoms with Crippen LogP contribution in [-0.2, 0) is 10.0 Å². The van der Waals surface area contributed by atoms with Gasteiger partial charge in [-0.1, -0.05) is 43.2 Å². The minimum absolute atomic E-state index is 0.0959. The number of sulfonamides is 1. The van der Waals surface area contributed by atoms with E-state index < -0.39 is 39.2 Å². The zero-order chi connectivity index (χ0) is 47.8. The number of pyridine rings is 1. The van der Waals surface area contributed by atoms with Gasteiger partial charge in [0.1, 0.15) is 23.7 Å². The van der Waals surface area contributed by atoms with Crippen molar-refractivity contribution < 1.29 is 27.8 Å². The lowest BCUT2D eigenvalue weighted by molar-refractivity contribution is -0.384. The SMILES string of the molecule is CC1(C)CCC(CN2CCN(c3ccc(C(=O)NS(=O)(=O)c4ccc(NCCN5CCCN[P+]5(C)O)c([N+](=O)[O-])c4)c(N4CCCOc5nc6[nH]ccc6cc54)c3)CC2)=C(c2ccc(Cl)cc2)C1. The zero-order valence-corrected chi connectivity index (χ0v) is 41.1. The summed E-state index contributed by atoms with van der Waals surface area (Å²) < 4.78 is 38.3. The quantitative estimate of drug-likeness (QED) is 0.0431. The minimum Gasteiger partial charge on any atom is -0.476 e. The number of hydrogen-bond donors (Lipinski definition) is 5. The Hall–Kier alpha value is -5.33. The maximum atomic E-state index is 14.4. The molecule has 1 unspecified atom stereocenters. The van der Waals surface area contributed by atoms with E-state index in [1.54, 1.807) is 18.9 Å². The number of nitro benzene ring substituents is 1. The van der Waals surface area contributed by atoms with Gasteiger partial charge < -0.3 is 24.8 Å². The summed E-state index contributed by atoms with van der Waals surface area (Å²) in [6.07, 6.45) is 6.44. The molecule has 360 valence electrons. The molecule has 2 aromatic heterocycles. The van der Waals surface area contributed by atoms with E-state index in [0.717, 1.165) is 87.1 Å². The van der Waals surface area contributed by atoms with Crippen molar-refractivity contribution >= 4 is 80.4 Å². The highest BCUT2D eigenvalue weighted by molar-refractivity contribution is 7.90. The molecule has 3 aromatic carbocycles. The number of hydrogen-bond acceptors (Lipinski definition) is 14. The second-order valence-corrected chi connectivity index (χ2v) is 23.7. The molecule has 5 heterocycles. The molecule has 0 spiro atoms. The monoisotopic (exact) mass is 985 g/mol. The Morgan fingerprint density at radius 3 is 2.56 bits per heavy atom. The fourth-order valence-corrected chi connectivity index (χ4v) is 12.6. The first kappa shape index (κ1) is 47.7. The van der Waals surface area contributed by atoms with Gasteiger partial charge in [0.2, 0.25) is 5.88 Å². The fourth-order valence-electron chi connectivity index (χ4n) is 9.73. The molecule has 1 atom stereocenters. The van der Waals surface area contributed by atoms with E-state index in [-0.39, 0.29) is 23.2 Å². The number of aromatic nitrogens is 2. The van der Waals surface area contributed by atoms with Crippen molar-refractivity contribution in [3.8, 4) is 5.88 Å². The van der Waals surface area contributed by atoms with Gasteiger partial charge >= 0.3 is 0 Å².